The second-order valence-corrected chi connectivity index (χ2v) is 5.24. The number of rotatable bonds is 1. The lowest BCUT2D eigenvalue weighted by molar-refractivity contribution is 0.179. The lowest BCUT2D eigenvalue weighted by Crippen LogP contribution is -2.09. The molecule has 1 aliphatic carbocycles. The van der Waals surface area contributed by atoms with Crippen LogP contribution in [0.25, 0.3) is 21.5 Å². The highest BCUT2D eigenvalue weighted by Gasteiger charge is 2.21. The van der Waals surface area contributed by atoms with Gasteiger partial charge in [0.2, 0.25) is 0 Å². The van der Waals surface area contributed by atoms with E-state index in [1.807, 2.05) is 24.3 Å². The molecule has 4 rings (SSSR count). The minimum Gasteiger partial charge on any atom is -0.392 e. The molecule has 3 aromatic rings. The third-order valence-electron chi connectivity index (χ3n) is 4.09. The van der Waals surface area contributed by atoms with Crippen molar-refractivity contribution >= 4 is 21.5 Å². The van der Waals surface area contributed by atoms with Crippen molar-refractivity contribution in [3.8, 4) is 0 Å². The highest BCUT2D eigenvalue weighted by atomic mass is 16.3. The molecule has 0 heterocycles. The van der Waals surface area contributed by atoms with Crippen LogP contribution in [0.5, 0.6) is 0 Å². The van der Waals surface area contributed by atoms with Crippen molar-refractivity contribution < 1.29 is 10.2 Å². The van der Waals surface area contributed by atoms with Gasteiger partial charge in [0.1, 0.15) is 0 Å². The summed E-state index contributed by atoms with van der Waals surface area (Å²) in [5.74, 6) is 0. The topological polar surface area (TPSA) is 40.5 Å². The molecule has 0 fully saturated rings. The maximum absolute atomic E-state index is 10.3. The van der Waals surface area contributed by atoms with E-state index < -0.39 is 6.10 Å². The first-order valence-corrected chi connectivity index (χ1v) is 6.54. The van der Waals surface area contributed by atoms with Gasteiger partial charge in [-0.1, -0.05) is 36.4 Å². The summed E-state index contributed by atoms with van der Waals surface area (Å²) in [4.78, 5) is 0. The van der Waals surface area contributed by atoms with E-state index >= 15 is 0 Å². The molecule has 0 aliphatic heterocycles. The van der Waals surface area contributed by atoms with Gasteiger partial charge in [0.15, 0.2) is 0 Å². The van der Waals surface area contributed by atoms with Gasteiger partial charge in [-0.05, 0) is 44.3 Å². The zero-order valence-electron chi connectivity index (χ0n) is 10.4. The third-order valence-corrected chi connectivity index (χ3v) is 4.09. The first-order valence-electron chi connectivity index (χ1n) is 6.54. The van der Waals surface area contributed by atoms with Crippen molar-refractivity contribution in [3.05, 3.63) is 59.2 Å². The summed E-state index contributed by atoms with van der Waals surface area (Å²) in [7, 11) is 0. The van der Waals surface area contributed by atoms with Crippen molar-refractivity contribution in [2.75, 3.05) is 0 Å². The van der Waals surface area contributed by atoms with Crippen LogP contribution in [0.1, 0.15) is 22.8 Å². The van der Waals surface area contributed by atoms with Gasteiger partial charge in [0.25, 0.3) is 0 Å². The Morgan fingerprint density at radius 1 is 1.00 bits per heavy atom. The van der Waals surface area contributed by atoms with Crippen molar-refractivity contribution in [1.29, 1.82) is 0 Å². The molecule has 94 valence electrons. The monoisotopic (exact) mass is 250 g/mol. The summed E-state index contributed by atoms with van der Waals surface area (Å²) in [6.45, 7) is 0.0404. The predicted molar refractivity (Wildman–Crippen MR) is 76.0 cm³/mol. The van der Waals surface area contributed by atoms with E-state index in [2.05, 4.69) is 18.2 Å². The van der Waals surface area contributed by atoms with E-state index in [1.165, 1.54) is 16.2 Å². The van der Waals surface area contributed by atoms with Gasteiger partial charge in [-0.3, -0.25) is 0 Å². The van der Waals surface area contributed by atoms with E-state index in [4.69, 9.17) is 0 Å². The molecule has 2 N–H and O–H groups in total. The third kappa shape index (κ3) is 1.44. The minimum atomic E-state index is -0.448. The van der Waals surface area contributed by atoms with Crippen LogP contribution in [-0.2, 0) is 13.0 Å². The summed E-state index contributed by atoms with van der Waals surface area (Å²) < 4.78 is 0. The first-order chi connectivity index (χ1) is 9.28. The fourth-order valence-electron chi connectivity index (χ4n) is 3.28. The number of aliphatic hydroxyl groups excluding tert-OH is 2. The molecule has 0 radical (unpaired) electrons. The van der Waals surface area contributed by atoms with Crippen molar-refractivity contribution in [2.24, 2.45) is 0 Å². The predicted octanol–water partition coefficient (Wildman–Crippen LogP) is 3.07. The number of benzene rings is 3. The number of hydrogen-bond donors (Lipinski definition) is 2. The average Bonchev–Trinajstić information content (AvgIpc) is 2.45. The Morgan fingerprint density at radius 3 is 2.68 bits per heavy atom. The first kappa shape index (κ1) is 11.0. The summed E-state index contributed by atoms with van der Waals surface area (Å²) in [5, 5.41) is 24.4. The summed E-state index contributed by atoms with van der Waals surface area (Å²) in [5.41, 5.74) is 3.07. The molecule has 0 amide bonds. The minimum absolute atomic E-state index is 0.0404. The highest BCUT2D eigenvalue weighted by molar-refractivity contribution is 6.12. The quantitative estimate of drug-likeness (QED) is 0.652. The van der Waals surface area contributed by atoms with Crippen LogP contribution in [0.15, 0.2) is 42.5 Å². The Bertz CT molecular complexity index is 805. The average molecular weight is 250 g/mol. The van der Waals surface area contributed by atoms with Crippen LogP contribution in [-0.4, -0.2) is 10.2 Å². The van der Waals surface area contributed by atoms with Gasteiger partial charge in [-0.2, -0.15) is 0 Å². The van der Waals surface area contributed by atoms with Crippen LogP contribution >= 0.6 is 0 Å². The van der Waals surface area contributed by atoms with Gasteiger partial charge < -0.3 is 10.2 Å². The summed E-state index contributed by atoms with van der Waals surface area (Å²) >= 11 is 0. The normalized spacial score (nSPS) is 17.5. The lowest BCUT2D eigenvalue weighted by Gasteiger charge is -2.23. The second kappa shape index (κ2) is 3.80. The molecule has 3 aromatic carbocycles. The van der Waals surface area contributed by atoms with Crippen molar-refractivity contribution in [2.45, 2.75) is 19.1 Å². The molecule has 0 saturated carbocycles. The zero-order chi connectivity index (χ0) is 13.0. The fraction of sp³-hybridized carbons (Fsp3) is 0.176. The molecular weight excluding hydrogens is 236 g/mol. The van der Waals surface area contributed by atoms with E-state index in [0.717, 1.165) is 22.1 Å². The molecule has 2 heteroatoms. The molecule has 2 nitrogen and oxygen atoms in total. The Balaban J connectivity index is 2.26. The van der Waals surface area contributed by atoms with Crippen molar-refractivity contribution in [1.82, 2.24) is 0 Å². The van der Waals surface area contributed by atoms with Crippen LogP contribution in [0.4, 0.5) is 0 Å². The van der Waals surface area contributed by atoms with Gasteiger partial charge in [-0.15, -0.1) is 0 Å². The maximum Gasteiger partial charge on any atom is 0.0836 e. The SMILES string of the molecule is OCc1cc2c3c(ccc4cccc(c43)C(O)C2)c1. The van der Waals surface area contributed by atoms with Crippen molar-refractivity contribution in [3.63, 3.8) is 0 Å². The van der Waals surface area contributed by atoms with Crippen LogP contribution < -0.4 is 0 Å². The van der Waals surface area contributed by atoms with Gasteiger partial charge in [0.05, 0.1) is 12.7 Å². The highest BCUT2D eigenvalue weighted by Crippen LogP contribution is 2.40. The number of hydrogen-bond acceptors (Lipinski definition) is 2. The molecule has 0 spiro atoms. The van der Waals surface area contributed by atoms with Crippen LogP contribution in [0, 0.1) is 0 Å². The van der Waals surface area contributed by atoms with Crippen LogP contribution in [0.2, 0.25) is 0 Å². The Hall–Kier alpha value is -1.90. The molecule has 0 aromatic heterocycles. The van der Waals surface area contributed by atoms with E-state index in [1.54, 1.807) is 0 Å². The zero-order valence-corrected chi connectivity index (χ0v) is 10.4. The van der Waals surface area contributed by atoms with E-state index in [0.29, 0.717) is 6.42 Å². The van der Waals surface area contributed by atoms with Crippen LogP contribution in [0.3, 0.4) is 0 Å². The number of aliphatic hydroxyl groups is 2. The van der Waals surface area contributed by atoms with E-state index in [-0.39, 0.29) is 6.61 Å². The molecule has 0 bridgehead atoms. The molecule has 1 atom stereocenters. The van der Waals surface area contributed by atoms with Gasteiger partial charge in [-0.25, -0.2) is 0 Å². The van der Waals surface area contributed by atoms with Gasteiger partial charge in [0, 0.05) is 6.42 Å². The van der Waals surface area contributed by atoms with Gasteiger partial charge >= 0.3 is 0 Å². The summed E-state index contributed by atoms with van der Waals surface area (Å²) in [6, 6.07) is 14.3. The smallest absolute Gasteiger partial charge is 0.0836 e. The molecular formula is C17H14O2. The standard InChI is InChI=1S/C17H14O2/c18-9-10-6-12-5-4-11-2-1-3-14-15(19)8-13(7-10)16(12)17(11)14/h1-7,15,18-19H,8-9H2. The molecule has 0 saturated heterocycles. The Labute approximate surface area is 110 Å². The molecule has 1 aliphatic rings. The second-order valence-electron chi connectivity index (χ2n) is 5.24. The Kier molecular flexibility index (Phi) is 2.19. The maximum atomic E-state index is 10.3. The summed E-state index contributed by atoms with van der Waals surface area (Å²) in [6.07, 6.45) is 0.177. The lowest BCUT2D eigenvalue weighted by atomic mass is 9.84. The molecule has 19 heavy (non-hydrogen) atoms. The Morgan fingerprint density at radius 2 is 1.84 bits per heavy atom. The largest absolute Gasteiger partial charge is 0.392 e. The van der Waals surface area contributed by atoms with E-state index in [9.17, 15) is 10.2 Å². The molecule has 1 unspecified atom stereocenters. The fourth-order valence-corrected chi connectivity index (χ4v) is 3.28.